The highest BCUT2D eigenvalue weighted by atomic mass is 127. The Kier molecular flexibility index (Phi) is 19.0. The van der Waals surface area contributed by atoms with Crippen LogP contribution in [0.5, 0.6) is 0 Å². The highest BCUT2D eigenvalue weighted by Gasteiger charge is 2.47. The summed E-state index contributed by atoms with van der Waals surface area (Å²) in [7, 11) is -7.42. The number of nitrogens with zero attached hydrogens (tertiary/aromatic N) is 1. The van der Waals surface area contributed by atoms with Gasteiger partial charge in [0.1, 0.15) is 36.6 Å². The van der Waals surface area contributed by atoms with Crippen LogP contribution in [0.2, 0.25) is 18.1 Å². The SMILES string of the molecule is C=C1C[C@H](C[C@@H]2C[C@@H](O[Si](C)(C)C(C)(C)C)C[C@H](c3coc(C=CC[C@H]4O[C@@H](C(C)=CI)[C@H](C)[C@@H](OC(=O)CP(=O)(OCC(F)(F)F)OCC(F)(F)F)[C@H]4C)n3)O2)O[C@@H](CC=O)C1. The average molecular weight is 1060 g/mol. The van der Waals surface area contributed by atoms with E-state index >= 15 is 0 Å². The summed E-state index contributed by atoms with van der Waals surface area (Å²) < 4.78 is 138. The molecule has 3 fully saturated rings. The quantitative estimate of drug-likeness (QED) is 0.0263. The number of esters is 1. The van der Waals surface area contributed by atoms with Crippen LogP contribution in [0.3, 0.4) is 0 Å². The van der Waals surface area contributed by atoms with E-state index in [1.54, 1.807) is 43.3 Å². The van der Waals surface area contributed by atoms with Gasteiger partial charge >= 0.3 is 25.9 Å². The molecule has 358 valence electrons. The molecule has 3 aliphatic rings. The van der Waals surface area contributed by atoms with Gasteiger partial charge < -0.3 is 32.6 Å². The summed E-state index contributed by atoms with van der Waals surface area (Å²) in [5, 5.41) is -0.0218. The molecule has 0 bridgehead atoms. The standard InChI is InChI=1S/C42H61F6INO11PSi/c1-25-15-29(13-14-51)57-30(16-25)17-31-18-32(61-63(8,9)40(5,6)7)19-35(58-31)33-21-54-36(50-33)12-10-11-34-27(3)39(28(4)38(59-34)26(2)20-49)60-37(52)22-62(53,55-23-41(43,44)45)56-24-42(46,47)48/h10,12,14,20-21,27-32,34-35,38-39H,1,11,13,15-19,22-24H2,2-9H3/t27-,28-,29-,30+,31+,32+,34+,35+,38-,39-/m0/s1. The molecule has 1 aromatic heterocycles. The number of halogens is 7. The Morgan fingerprint density at radius 3 is 2.19 bits per heavy atom. The Bertz CT molecular complexity index is 1800. The van der Waals surface area contributed by atoms with Gasteiger partial charge in [0.15, 0.2) is 21.5 Å². The molecule has 3 aliphatic heterocycles. The molecule has 3 saturated heterocycles. The summed E-state index contributed by atoms with van der Waals surface area (Å²) in [6.45, 7) is 16.0. The monoisotopic (exact) mass is 1060 g/mol. The summed E-state index contributed by atoms with van der Waals surface area (Å²) in [6, 6.07) is 0. The molecule has 0 unspecified atom stereocenters. The van der Waals surface area contributed by atoms with E-state index in [1.165, 1.54) is 0 Å². The first-order chi connectivity index (χ1) is 29.1. The Hall–Kier alpha value is -1.91. The minimum absolute atomic E-state index is 0.0218. The molecule has 1 aromatic rings. The first kappa shape index (κ1) is 53.7. The first-order valence-corrected chi connectivity index (χ1v) is 26.8. The lowest BCUT2D eigenvalue weighted by Crippen LogP contribution is -2.51. The third kappa shape index (κ3) is 16.4. The van der Waals surface area contributed by atoms with Crippen molar-refractivity contribution in [3.63, 3.8) is 0 Å². The largest absolute Gasteiger partial charge is 0.461 e. The van der Waals surface area contributed by atoms with Gasteiger partial charge in [0, 0.05) is 31.1 Å². The normalized spacial score (nSPS) is 29.6. The predicted molar refractivity (Wildman–Crippen MR) is 233 cm³/mol. The smallest absolute Gasteiger partial charge is 0.412 e. The van der Waals surface area contributed by atoms with Crippen molar-refractivity contribution >= 4 is 56.8 Å². The van der Waals surface area contributed by atoms with E-state index < -0.39 is 89.9 Å². The van der Waals surface area contributed by atoms with Gasteiger partial charge in [-0.3, -0.25) is 18.4 Å². The molecule has 10 atom stereocenters. The van der Waals surface area contributed by atoms with E-state index in [2.05, 4.69) is 49.5 Å². The molecule has 4 heterocycles. The topological polar surface area (TPSA) is 142 Å². The maximum atomic E-state index is 13.1. The zero-order chi connectivity index (χ0) is 47.1. The first-order valence-electron chi connectivity index (χ1n) is 20.9. The minimum atomic E-state index is -5.25. The van der Waals surface area contributed by atoms with Gasteiger partial charge in [-0.05, 0) is 66.5 Å². The van der Waals surface area contributed by atoms with Crippen LogP contribution < -0.4 is 0 Å². The number of oxazole rings is 1. The number of aldehydes is 1. The molecule has 0 radical (unpaired) electrons. The fourth-order valence-electron chi connectivity index (χ4n) is 7.79. The molecule has 0 aromatic carbocycles. The Balaban J connectivity index is 1.49. The number of carbonyl (C=O) groups is 2. The van der Waals surface area contributed by atoms with Crippen molar-refractivity contribution in [3.8, 4) is 0 Å². The molecular weight excluding hydrogens is 994 g/mol. The third-order valence-corrected chi connectivity index (χ3v) is 19.1. The Morgan fingerprint density at radius 1 is 0.968 bits per heavy atom. The summed E-state index contributed by atoms with van der Waals surface area (Å²) in [4.78, 5) is 29.1. The lowest BCUT2D eigenvalue weighted by Gasteiger charge is -2.44. The summed E-state index contributed by atoms with van der Waals surface area (Å²) in [5.41, 5.74) is 2.40. The highest BCUT2D eigenvalue weighted by Crippen LogP contribution is 2.51. The molecule has 0 amide bonds. The molecular formula is C42H61F6INO11PSi. The lowest BCUT2D eigenvalue weighted by atomic mass is 9.80. The van der Waals surface area contributed by atoms with Gasteiger partial charge in [-0.25, -0.2) is 4.98 Å². The maximum Gasteiger partial charge on any atom is 0.412 e. The highest BCUT2D eigenvalue weighted by molar-refractivity contribution is 14.1. The van der Waals surface area contributed by atoms with Crippen LogP contribution in [-0.2, 0) is 46.6 Å². The number of hydrogen-bond acceptors (Lipinski definition) is 12. The molecule has 0 aliphatic carbocycles. The number of hydrogen-bond donors (Lipinski definition) is 0. The second kappa shape index (κ2) is 22.3. The zero-order valence-corrected chi connectivity index (χ0v) is 41.0. The number of alkyl halides is 6. The van der Waals surface area contributed by atoms with Crippen molar-refractivity contribution < 1.29 is 77.3 Å². The summed E-state index contributed by atoms with van der Waals surface area (Å²) in [5.74, 6) is -2.15. The van der Waals surface area contributed by atoms with Gasteiger partial charge in [0.25, 0.3) is 0 Å². The van der Waals surface area contributed by atoms with E-state index in [9.17, 15) is 40.5 Å². The molecule has 4 rings (SSSR count). The second-order valence-electron chi connectivity index (χ2n) is 18.3. The lowest BCUT2D eigenvalue weighted by molar-refractivity contribution is -0.183. The summed E-state index contributed by atoms with van der Waals surface area (Å²) >= 11 is 2.03. The van der Waals surface area contributed by atoms with E-state index in [0.717, 1.165) is 17.4 Å². The number of ether oxygens (including phenoxy) is 4. The van der Waals surface area contributed by atoms with Crippen LogP contribution in [0.1, 0.15) is 104 Å². The molecule has 63 heavy (non-hydrogen) atoms. The number of carbonyl (C=O) groups excluding carboxylic acids is 2. The molecule has 21 heteroatoms. The van der Waals surface area contributed by atoms with E-state index in [4.69, 9.17) is 32.8 Å². The van der Waals surface area contributed by atoms with Crippen molar-refractivity contribution in [3.05, 3.63) is 45.7 Å². The minimum Gasteiger partial charge on any atom is -0.461 e. The molecule has 12 nitrogen and oxygen atoms in total. The van der Waals surface area contributed by atoms with Crippen LogP contribution in [0.15, 0.2) is 38.6 Å². The van der Waals surface area contributed by atoms with Crippen molar-refractivity contribution in [1.29, 1.82) is 0 Å². The Labute approximate surface area is 380 Å². The fourth-order valence-corrected chi connectivity index (χ4v) is 10.9. The van der Waals surface area contributed by atoms with Crippen LogP contribution in [-0.4, -0.2) is 100 Å². The van der Waals surface area contributed by atoms with Crippen LogP contribution in [0.25, 0.3) is 6.08 Å². The van der Waals surface area contributed by atoms with Crippen molar-refractivity contribution in [2.75, 3.05) is 19.4 Å². The van der Waals surface area contributed by atoms with Gasteiger partial charge in [0.2, 0.25) is 5.89 Å². The van der Waals surface area contributed by atoms with Crippen LogP contribution in [0.4, 0.5) is 26.3 Å². The Morgan fingerprint density at radius 2 is 1.60 bits per heavy atom. The molecule has 0 N–H and O–H groups in total. The van der Waals surface area contributed by atoms with Gasteiger partial charge in [-0.2, -0.15) is 26.3 Å². The van der Waals surface area contributed by atoms with E-state index in [1.807, 2.05) is 22.6 Å². The molecule has 0 spiro atoms. The number of aromatic nitrogens is 1. The summed E-state index contributed by atoms with van der Waals surface area (Å²) in [6.07, 6.45) is -5.37. The third-order valence-electron chi connectivity index (χ3n) is 11.9. The van der Waals surface area contributed by atoms with Gasteiger partial charge in [0.05, 0.1) is 36.6 Å². The van der Waals surface area contributed by atoms with Crippen LogP contribution in [0, 0.1) is 11.8 Å². The zero-order valence-electron chi connectivity index (χ0n) is 37.0. The fraction of sp³-hybridized carbons (Fsp3) is 0.738. The molecule has 0 saturated carbocycles. The van der Waals surface area contributed by atoms with Gasteiger partial charge in [-0.1, -0.05) is 75.4 Å². The van der Waals surface area contributed by atoms with Gasteiger partial charge in [-0.15, -0.1) is 0 Å². The van der Waals surface area contributed by atoms with Crippen molar-refractivity contribution in [2.45, 2.75) is 166 Å². The van der Waals surface area contributed by atoms with E-state index in [-0.39, 0.29) is 41.8 Å². The predicted octanol–water partition coefficient (Wildman–Crippen LogP) is 11.4. The van der Waals surface area contributed by atoms with Crippen molar-refractivity contribution in [1.82, 2.24) is 4.98 Å². The number of rotatable bonds is 18. The maximum absolute atomic E-state index is 13.1. The van der Waals surface area contributed by atoms with Crippen molar-refractivity contribution in [2.24, 2.45) is 11.8 Å². The van der Waals surface area contributed by atoms with E-state index in [0.29, 0.717) is 44.2 Å². The second-order valence-corrected chi connectivity index (χ2v) is 25.7. The average Bonchev–Trinajstić information content (AvgIpc) is 3.63. The van der Waals surface area contributed by atoms with Crippen LogP contribution >= 0.6 is 30.2 Å².